The van der Waals surface area contributed by atoms with E-state index in [1.165, 1.54) is 49.3 Å². The van der Waals surface area contributed by atoms with E-state index in [0.29, 0.717) is 0 Å². The average Bonchev–Trinajstić information content (AvgIpc) is 2.47. The zero-order valence-electron chi connectivity index (χ0n) is 13.0. The summed E-state index contributed by atoms with van der Waals surface area (Å²) in [5.41, 5.74) is 0. The number of nitrogens with one attached hydrogen (secondary N) is 1. The summed E-state index contributed by atoms with van der Waals surface area (Å²) in [7, 11) is 0. The summed E-state index contributed by atoms with van der Waals surface area (Å²) in [5, 5.41) is 3.78. The van der Waals surface area contributed by atoms with Crippen LogP contribution in [0.25, 0.3) is 0 Å². The molecule has 1 nitrogen and oxygen atoms in total. The minimum Gasteiger partial charge on any atom is -0.314 e. The summed E-state index contributed by atoms with van der Waals surface area (Å²) in [4.78, 5) is 1.41. The van der Waals surface area contributed by atoms with E-state index in [0.717, 1.165) is 17.9 Å². The van der Waals surface area contributed by atoms with Gasteiger partial charge in [0.1, 0.15) is 0 Å². The van der Waals surface area contributed by atoms with Crippen molar-refractivity contribution in [3.05, 3.63) is 30.3 Å². The third-order valence-corrected chi connectivity index (χ3v) is 5.45. The molecule has 2 heteroatoms. The third kappa shape index (κ3) is 5.14. The van der Waals surface area contributed by atoms with Crippen LogP contribution < -0.4 is 5.32 Å². The SMILES string of the molecule is CCCNC1CCC(C)CC1CCSc1ccccc1. The Hall–Kier alpha value is -0.470. The predicted molar refractivity (Wildman–Crippen MR) is 90.4 cm³/mol. The molecule has 0 aliphatic heterocycles. The molecule has 0 heterocycles. The molecule has 112 valence electrons. The van der Waals surface area contributed by atoms with Crippen molar-refractivity contribution in [2.45, 2.75) is 56.9 Å². The van der Waals surface area contributed by atoms with Crippen LogP contribution in [-0.4, -0.2) is 18.3 Å². The summed E-state index contributed by atoms with van der Waals surface area (Å²) < 4.78 is 0. The molecule has 0 saturated heterocycles. The first kappa shape index (κ1) is 15.9. The van der Waals surface area contributed by atoms with E-state index in [2.05, 4.69) is 49.5 Å². The van der Waals surface area contributed by atoms with Crippen LogP contribution in [0.1, 0.15) is 46.0 Å². The molecule has 0 spiro atoms. The highest BCUT2D eigenvalue weighted by Gasteiger charge is 2.27. The van der Waals surface area contributed by atoms with Crippen LogP contribution >= 0.6 is 11.8 Å². The van der Waals surface area contributed by atoms with E-state index >= 15 is 0 Å². The lowest BCUT2D eigenvalue weighted by Crippen LogP contribution is -2.40. The summed E-state index contributed by atoms with van der Waals surface area (Å²) in [6.45, 7) is 5.87. The van der Waals surface area contributed by atoms with Crippen LogP contribution in [0.3, 0.4) is 0 Å². The Labute approximate surface area is 128 Å². The lowest BCUT2D eigenvalue weighted by atomic mass is 9.77. The largest absolute Gasteiger partial charge is 0.314 e. The second-order valence-corrected chi connectivity index (χ2v) is 7.36. The molecule has 1 aliphatic rings. The van der Waals surface area contributed by atoms with Gasteiger partial charge in [0.25, 0.3) is 0 Å². The van der Waals surface area contributed by atoms with Crippen molar-refractivity contribution in [1.82, 2.24) is 5.32 Å². The number of thioether (sulfide) groups is 1. The van der Waals surface area contributed by atoms with Crippen LogP contribution in [0.15, 0.2) is 35.2 Å². The Kier molecular flexibility index (Phi) is 6.95. The van der Waals surface area contributed by atoms with Crippen LogP contribution in [0.2, 0.25) is 0 Å². The van der Waals surface area contributed by atoms with Crippen molar-refractivity contribution >= 4 is 11.8 Å². The quantitative estimate of drug-likeness (QED) is 0.712. The molecule has 3 unspecified atom stereocenters. The Morgan fingerprint density at radius 2 is 2.00 bits per heavy atom. The molecule has 1 aromatic rings. The van der Waals surface area contributed by atoms with Crippen molar-refractivity contribution in [3.63, 3.8) is 0 Å². The Bertz CT molecular complexity index is 363. The van der Waals surface area contributed by atoms with Gasteiger partial charge >= 0.3 is 0 Å². The van der Waals surface area contributed by atoms with Crippen LogP contribution in [0, 0.1) is 11.8 Å². The minimum absolute atomic E-state index is 0.766. The van der Waals surface area contributed by atoms with Gasteiger partial charge in [-0.15, -0.1) is 11.8 Å². The van der Waals surface area contributed by atoms with E-state index < -0.39 is 0 Å². The van der Waals surface area contributed by atoms with E-state index in [-0.39, 0.29) is 0 Å². The van der Waals surface area contributed by atoms with Gasteiger partial charge in [-0.1, -0.05) is 32.0 Å². The molecule has 1 saturated carbocycles. The topological polar surface area (TPSA) is 12.0 Å². The highest BCUT2D eigenvalue weighted by Crippen LogP contribution is 2.33. The van der Waals surface area contributed by atoms with Gasteiger partial charge in [0, 0.05) is 10.9 Å². The molecule has 0 amide bonds. The smallest absolute Gasteiger partial charge is 0.00958 e. The van der Waals surface area contributed by atoms with Gasteiger partial charge in [0.15, 0.2) is 0 Å². The van der Waals surface area contributed by atoms with Crippen molar-refractivity contribution in [2.24, 2.45) is 11.8 Å². The van der Waals surface area contributed by atoms with E-state index in [4.69, 9.17) is 0 Å². The summed E-state index contributed by atoms with van der Waals surface area (Å²) in [6.07, 6.45) is 6.80. The monoisotopic (exact) mass is 291 g/mol. The van der Waals surface area contributed by atoms with E-state index in [1.54, 1.807) is 0 Å². The average molecular weight is 292 g/mol. The Morgan fingerprint density at radius 3 is 2.75 bits per heavy atom. The Morgan fingerprint density at radius 1 is 1.20 bits per heavy atom. The second-order valence-electron chi connectivity index (χ2n) is 6.19. The zero-order valence-corrected chi connectivity index (χ0v) is 13.8. The van der Waals surface area contributed by atoms with Gasteiger partial charge < -0.3 is 5.32 Å². The van der Waals surface area contributed by atoms with E-state index in [9.17, 15) is 0 Å². The molecular formula is C18H29NS. The molecular weight excluding hydrogens is 262 g/mol. The van der Waals surface area contributed by atoms with Crippen molar-refractivity contribution in [2.75, 3.05) is 12.3 Å². The maximum Gasteiger partial charge on any atom is 0.00958 e. The second kappa shape index (κ2) is 8.74. The fraction of sp³-hybridized carbons (Fsp3) is 0.667. The zero-order chi connectivity index (χ0) is 14.2. The summed E-state index contributed by atoms with van der Waals surface area (Å²) in [5.74, 6) is 3.05. The van der Waals surface area contributed by atoms with Crippen molar-refractivity contribution in [3.8, 4) is 0 Å². The van der Waals surface area contributed by atoms with E-state index in [1.807, 2.05) is 11.8 Å². The van der Waals surface area contributed by atoms with Gasteiger partial charge in [-0.2, -0.15) is 0 Å². The van der Waals surface area contributed by atoms with Gasteiger partial charge in [0.05, 0.1) is 0 Å². The Balaban J connectivity index is 1.78. The molecule has 1 fully saturated rings. The first-order valence-electron chi connectivity index (χ1n) is 8.20. The predicted octanol–water partition coefficient (Wildman–Crippen LogP) is 4.97. The summed E-state index contributed by atoms with van der Waals surface area (Å²) >= 11 is 2.01. The molecule has 20 heavy (non-hydrogen) atoms. The van der Waals surface area contributed by atoms with Crippen LogP contribution in [0.5, 0.6) is 0 Å². The van der Waals surface area contributed by atoms with Gasteiger partial charge in [-0.3, -0.25) is 0 Å². The molecule has 0 bridgehead atoms. The molecule has 0 radical (unpaired) electrons. The molecule has 1 aliphatic carbocycles. The van der Waals surface area contributed by atoms with Crippen LogP contribution in [-0.2, 0) is 0 Å². The van der Waals surface area contributed by atoms with Crippen molar-refractivity contribution < 1.29 is 0 Å². The molecule has 3 atom stereocenters. The number of hydrogen-bond acceptors (Lipinski definition) is 2. The fourth-order valence-corrected chi connectivity index (χ4v) is 4.27. The lowest BCUT2D eigenvalue weighted by molar-refractivity contribution is 0.209. The number of benzene rings is 1. The first-order valence-corrected chi connectivity index (χ1v) is 9.19. The highest BCUT2D eigenvalue weighted by molar-refractivity contribution is 7.99. The van der Waals surface area contributed by atoms with Crippen LogP contribution in [0.4, 0.5) is 0 Å². The normalized spacial score (nSPS) is 26.6. The van der Waals surface area contributed by atoms with Crippen molar-refractivity contribution in [1.29, 1.82) is 0 Å². The van der Waals surface area contributed by atoms with Gasteiger partial charge in [-0.05, 0) is 68.4 Å². The highest BCUT2D eigenvalue weighted by atomic mass is 32.2. The maximum atomic E-state index is 3.78. The maximum absolute atomic E-state index is 3.78. The molecule has 2 rings (SSSR count). The standard InChI is InChI=1S/C18H29NS/c1-3-12-19-18-10-9-15(2)14-16(18)11-13-20-17-7-5-4-6-8-17/h4-8,15-16,18-19H,3,9-14H2,1-2H3. The number of rotatable bonds is 7. The molecule has 1 aromatic carbocycles. The first-order chi connectivity index (χ1) is 9.79. The minimum atomic E-state index is 0.766. The lowest BCUT2D eigenvalue weighted by Gasteiger charge is -2.35. The van der Waals surface area contributed by atoms with Gasteiger partial charge in [0.2, 0.25) is 0 Å². The third-order valence-electron chi connectivity index (χ3n) is 4.40. The number of hydrogen-bond donors (Lipinski definition) is 1. The summed E-state index contributed by atoms with van der Waals surface area (Å²) in [6, 6.07) is 11.6. The molecule has 0 aromatic heterocycles. The van der Waals surface area contributed by atoms with Gasteiger partial charge in [-0.25, -0.2) is 0 Å². The molecule has 1 N–H and O–H groups in total. The fourth-order valence-electron chi connectivity index (χ4n) is 3.26.